The lowest BCUT2D eigenvalue weighted by Crippen LogP contribution is -2.13. The van der Waals surface area contributed by atoms with Crippen LogP contribution in [0, 0.1) is 6.92 Å². The molecular formula is C13H12F3NO3. The van der Waals surface area contributed by atoms with E-state index in [9.17, 15) is 23.1 Å². The third-order valence-electron chi connectivity index (χ3n) is 3.38. The van der Waals surface area contributed by atoms with Crippen molar-refractivity contribution in [2.75, 3.05) is 0 Å². The summed E-state index contributed by atoms with van der Waals surface area (Å²) < 4.78 is 40.6. The molecular weight excluding hydrogens is 275 g/mol. The third kappa shape index (κ3) is 2.03. The number of aryl methyl sites for hydroxylation is 1. The molecule has 0 spiro atoms. The molecule has 0 aliphatic heterocycles. The molecule has 4 nitrogen and oxygen atoms in total. The average molecular weight is 287 g/mol. The Kier molecular flexibility index (Phi) is 3.25. The van der Waals surface area contributed by atoms with Gasteiger partial charge in [0.2, 0.25) is 0 Å². The van der Waals surface area contributed by atoms with Gasteiger partial charge in [-0.15, -0.1) is 0 Å². The highest BCUT2D eigenvalue weighted by Gasteiger charge is 2.36. The van der Waals surface area contributed by atoms with Gasteiger partial charge in [0.15, 0.2) is 6.10 Å². The summed E-state index contributed by atoms with van der Waals surface area (Å²) in [6.07, 6.45) is -6.62. The second-order valence-electron chi connectivity index (χ2n) is 4.50. The van der Waals surface area contributed by atoms with E-state index in [2.05, 4.69) is 0 Å². The molecule has 0 radical (unpaired) electrons. The lowest BCUT2D eigenvalue weighted by atomic mass is 10.0. The molecule has 0 saturated carbocycles. The van der Waals surface area contributed by atoms with Crippen LogP contribution < -0.4 is 0 Å². The second kappa shape index (κ2) is 4.52. The smallest absolute Gasteiger partial charge is 0.417 e. The van der Waals surface area contributed by atoms with Gasteiger partial charge in [-0.05, 0) is 19.1 Å². The highest BCUT2D eigenvalue weighted by Crippen LogP contribution is 2.40. The topological polar surface area (TPSA) is 62.5 Å². The summed E-state index contributed by atoms with van der Waals surface area (Å²) in [4.78, 5) is 10.9. The van der Waals surface area contributed by atoms with Gasteiger partial charge in [0, 0.05) is 29.2 Å². The molecule has 1 aromatic heterocycles. The van der Waals surface area contributed by atoms with Crippen molar-refractivity contribution >= 4 is 16.9 Å². The Morgan fingerprint density at radius 3 is 2.45 bits per heavy atom. The first-order valence-corrected chi connectivity index (χ1v) is 5.72. The van der Waals surface area contributed by atoms with Gasteiger partial charge in [0.05, 0.1) is 5.56 Å². The van der Waals surface area contributed by atoms with E-state index < -0.39 is 23.8 Å². The molecule has 0 amide bonds. The SMILES string of the molecule is Cc1c(C(O)C(=O)O)c2c(C(F)(F)F)cccc2n1C. The van der Waals surface area contributed by atoms with Crippen LogP contribution in [-0.4, -0.2) is 20.7 Å². The largest absolute Gasteiger partial charge is 0.479 e. The summed E-state index contributed by atoms with van der Waals surface area (Å²) in [5.74, 6) is -1.59. The Hall–Kier alpha value is -2.02. The van der Waals surface area contributed by atoms with Crippen LogP contribution >= 0.6 is 0 Å². The summed E-state index contributed by atoms with van der Waals surface area (Å²) in [6, 6.07) is 3.58. The van der Waals surface area contributed by atoms with Crippen LogP contribution in [0.2, 0.25) is 0 Å². The normalized spacial score (nSPS) is 13.7. The molecule has 2 rings (SSSR count). The number of fused-ring (bicyclic) bond motifs is 1. The number of carbonyl (C=O) groups is 1. The van der Waals surface area contributed by atoms with Gasteiger partial charge in [0.25, 0.3) is 0 Å². The van der Waals surface area contributed by atoms with Crippen LogP contribution in [0.25, 0.3) is 10.9 Å². The van der Waals surface area contributed by atoms with Crippen LogP contribution in [0.5, 0.6) is 0 Å². The maximum absolute atomic E-state index is 13.1. The molecule has 1 atom stereocenters. The molecule has 2 N–H and O–H groups in total. The fraction of sp³-hybridized carbons (Fsp3) is 0.308. The zero-order valence-corrected chi connectivity index (χ0v) is 10.7. The highest BCUT2D eigenvalue weighted by molar-refractivity contribution is 5.93. The van der Waals surface area contributed by atoms with Crippen LogP contribution in [0.15, 0.2) is 18.2 Å². The van der Waals surface area contributed by atoms with Gasteiger partial charge in [-0.3, -0.25) is 0 Å². The predicted molar refractivity (Wildman–Crippen MR) is 65.3 cm³/mol. The maximum Gasteiger partial charge on any atom is 0.417 e. The minimum atomic E-state index is -4.62. The number of aromatic nitrogens is 1. The molecule has 7 heteroatoms. The first kappa shape index (κ1) is 14.4. The number of carboxylic acid groups (broad SMARTS) is 1. The minimum Gasteiger partial charge on any atom is -0.479 e. The summed E-state index contributed by atoms with van der Waals surface area (Å²) >= 11 is 0. The number of rotatable bonds is 2. The second-order valence-corrected chi connectivity index (χ2v) is 4.50. The van der Waals surface area contributed by atoms with Gasteiger partial charge in [-0.1, -0.05) is 6.07 Å². The lowest BCUT2D eigenvalue weighted by molar-refractivity contribution is -0.147. The molecule has 0 aliphatic carbocycles. The average Bonchev–Trinajstić information content (AvgIpc) is 2.60. The molecule has 0 fully saturated rings. The lowest BCUT2D eigenvalue weighted by Gasteiger charge is -2.11. The van der Waals surface area contributed by atoms with Crippen molar-refractivity contribution in [1.82, 2.24) is 4.57 Å². The molecule has 1 heterocycles. The zero-order chi connectivity index (χ0) is 15.2. The first-order chi connectivity index (χ1) is 9.16. The molecule has 2 aromatic rings. The van der Waals surface area contributed by atoms with E-state index in [1.54, 1.807) is 0 Å². The molecule has 0 saturated heterocycles. The maximum atomic E-state index is 13.1. The van der Waals surface area contributed by atoms with Crippen LogP contribution in [-0.2, 0) is 18.0 Å². The Balaban J connectivity index is 2.93. The van der Waals surface area contributed by atoms with Gasteiger partial charge < -0.3 is 14.8 Å². The van der Waals surface area contributed by atoms with Crippen molar-refractivity contribution in [3.8, 4) is 0 Å². The number of carboxylic acids is 1. The molecule has 0 aliphatic rings. The molecule has 0 bridgehead atoms. The summed E-state index contributed by atoms with van der Waals surface area (Å²) in [7, 11) is 1.52. The minimum absolute atomic E-state index is 0.220. The first-order valence-electron chi connectivity index (χ1n) is 5.72. The van der Waals surface area contributed by atoms with Crippen molar-refractivity contribution in [3.05, 3.63) is 35.0 Å². The zero-order valence-electron chi connectivity index (χ0n) is 10.7. The molecule has 20 heavy (non-hydrogen) atoms. The van der Waals surface area contributed by atoms with Crippen molar-refractivity contribution in [2.24, 2.45) is 7.05 Å². The van der Waals surface area contributed by atoms with Crippen molar-refractivity contribution in [3.63, 3.8) is 0 Å². The van der Waals surface area contributed by atoms with Gasteiger partial charge in [-0.25, -0.2) is 4.79 Å². The summed E-state index contributed by atoms with van der Waals surface area (Å²) in [5, 5.41) is 18.3. The van der Waals surface area contributed by atoms with Gasteiger partial charge >= 0.3 is 12.1 Å². The molecule has 108 valence electrons. The van der Waals surface area contributed by atoms with Crippen LogP contribution in [0.1, 0.15) is 22.9 Å². The summed E-state index contributed by atoms with van der Waals surface area (Å²) in [5.41, 5.74) is -0.656. The number of aliphatic hydroxyl groups is 1. The number of halogens is 3. The number of aliphatic carboxylic acids is 1. The van der Waals surface area contributed by atoms with E-state index in [4.69, 9.17) is 5.11 Å². The standard InChI is InChI=1S/C13H12F3NO3/c1-6-9(11(18)12(19)20)10-7(13(14,15)16)4-3-5-8(10)17(6)2/h3-5,11,18H,1-2H3,(H,19,20). The number of aliphatic hydroxyl groups excluding tert-OH is 1. The number of hydrogen-bond donors (Lipinski definition) is 2. The fourth-order valence-electron chi connectivity index (χ4n) is 2.34. The van der Waals surface area contributed by atoms with E-state index in [0.717, 1.165) is 6.07 Å². The predicted octanol–water partition coefficient (Wildman–Crippen LogP) is 2.62. The van der Waals surface area contributed by atoms with Gasteiger partial charge in [-0.2, -0.15) is 13.2 Å². The number of alkyl halides is 3. The third-order valence-corrected chi connectivity index (χ3v) is 3.38. The fourth-order valence-corrected chi connectivity index (χ4v) is 2.34. The van der Waals surface area contributed by atoms with Crippen LogP contribution in [0.4, 0.5) is 13.2 Å². The van der Waals surface area contributed by atoms with Crippen molar-refractivity contribution in [1.29, 1.82) is 0 Å². The monoisotopic (exact) mass is 287 g/mol. The molecule has 1 unspecified atom stereocenters. The van der Waals surface area contributed by atoms with Crippen LogP contribution in [0.3, 0.4) is 0 Å². The number of nitrogens with zero attached hydrogens (tertiary/aromatic N) is 1. The van der Waals surface area contributed by atoms with Crippen molar-refractivity contribution < 1.29 is 28.2 Å². The van der Waals surface area contributed by atoms with E-state index in [1.807, 2.05) is 0 Å². The Morgan fingerprint density at radius 1 is 1.35 bits per heavy atom. The Morgan fingerprint density at radius 2 is 1.95 bits per heavy atom. The number of benzene rings is 1. The van der Waals surface area contributed by atoms with E-state index in [1.165, 1.54) is 30.7 Å². The van der Waals surface area contributed by atoms with E-state index in [0.29, 0.717) is 0 Å². The number of hydrogen-bond acceptors (Lipinski definition) is 2. The van der Waals surface area contributed by atoms with Crippen molar-refractivity contribution in [2.45, 2.75) is 19.2 Å². The van der Waals surface area contributed by atoms with E-state index in [-0.39, 0.29) is 22.2 Å². The molecule has 1 aromatic carbocycles. The quantitative estimate of drug-likeness (QED) is 0.892. The Bertz CT molecular complexity index is 688. The van der Waals surface area contributed by atoms with E-state index >= 15 is 0 Å². The summed E-state index contributed by atoms with van der Waals surface area (Å²) in [6.45, 7) is 1.47. The highest BCUT2D eigenvalue weighted by atomic mass is 19.4. The Labute approximate surface area is 112 Å². The van der Waals surface area contributed by atoms with Gasteiger partial charge in [0.1, 0.15) is 0 Å².